The third kappa shape index (κ3) is 3.19. The van der Waals surface area contributed by atoms with Crippen molar-refractivity contribution in [3.8, 4) is 0 Å². The molecule has 0 bridgehead atoms. The van der Waals surface area contributed by atoms with Crippen LogP contribution in [0.3, 0.4) is 0 Å². The first-order valence-corrected chi connectivity index (χ1v) is 6.23. The van der Waals surface area contributed by atoms with Crippen molar-refractivity contribution >= 4 is 17.3 Å². The monoisotopic (exact) mass is 290 g/mol. The summed E-state index contributed by atoms with van der Waals surface area (Å²) in [5.74, 6) is 0.196. The van der Waals surface area contributed by atoms with Crippen LogP contribution in [0.1, 0.15) is 34.8 Å². The van der Waals surface area contributed by atoms with Gasteiger partial charge in [0.05, 0.1) is 22.2 Å². The maximum absolute atomic E-state index is 11.2. The normalized spacial score (nSPS) is 11.9. The second-order valence-corrected chi connectivity index (χ2v) is 4.61. The maximum atomic E-state index is 11.2. The number of nitro benzene ring substituents is 1. The molecule has 0 aliphatic carbocycles. The van der Waals surface area contributed by atoms with Crippen LogP contribution in [0.5, 0.6) is 0 Å². The Labute approximate surface area is 120 Å². The number of carboxylic acids is 1. The van der Waals surface area contributed by atoms with Crippen LogP contribution in [-0.2, 0) is 0 Å². The highest BCUT2D eigenvalue weighted by molar-refractivity contribution is 5.94. The summed E-state index contributed by atoms with van der Waals surface area (Å²) < 4.78 is 5.45. The number of furan rings is 1. The number of hydrogen-bond donors (Lipinski definition) is 2. The van der Waals surface area contributed by atoms with Crippen molar-refractivity contribution in [1.82, 2.24) is 0 Å². The first-order chi connectivity index (χ1) is 9.88. The number of benzene rings is 1. The SMILES string of the molecule is Cc1ccc(C(C)Nc2cc([N+](=O)[O-])ccc2C(=O)O)o1. The third-order valence-corrected chi connectivity index (χ3v) is 3.00. The molecule has 0 aliphatic rings. The highest BCUT2D eigenvalue weighted by Crippen LogP contribution is 2.27. The standard InChI is InChI=1S/C14H14N2O5/c1-8-3-6-13(21-8)9(2)15-12-7-10(16(19)20)4-5-11(12)14(17)18/h3-7,9,15H,1-2H3,(H,17,18). The average Bonchev–Trinajstić information content (AvgIpc) is 2.85. The second kappa shape index (κ2) is 5.66. The first-order valence-electron chi connectivity index (χ1n) is 6.23. The number of aryl methyl sites for hydroxylation is 1. The number of nitrogens with zero attached hydrogens (tertiary/aromatic N) is 1. The van der Waals surface area contributed by atoms with Crippen LogP contribution in [0, 0.1) is 17.0 Å². The maximum Gasteiger partial charge on any atom is 0.337 e. The van der Waals surface area contributed by atoms with E-state index in [4.69, 9.17) is 9.52 Å². The van der Waals surface area contributed by atoms with Crippen LogP contribution >= 0.6 is 0 Å². The Kier molecular flexibility index (Phi) is 3.93. The molecule has 0 spiro atoms. The van der Waals surface area contributed by atoms with E-state index < -0.39 is 10.9 Å². The zero-order valence-electron chi connectivity index (χ0n) is 11.5. The van der Waals surface area contributed by atoms with Gasteiger partial charge in [-0.3, -0.25) is 10.1 Å². The molecule has 2 rings (SSSR count). The summed E-state index contributed by atoms with van der Waals surface area (Å²) in [6.07, 6.45) is 0. The molecule has 110 valence electrons. The van der Waals surface area contributed by atoms with E-state index in [1.165, 1.54) is 12.1 Å². The molecule has 0 amide bonds. The largest absolute Gasteiger partial charge is 0.478 e. The number of non-ortho nitro benzene ring substituents is 1. The molecule has 0 saturated carbocycles. The van der Waals surface area contributed by atoms with Crippen LogP contribution in [0.25, 0.3) is 0 Å². The minimum Gasteiger partial charge on any atom is -0.478 e. The molecule has 1 atom stereocenters. The topological polar surface area (TPSA) is 106 Å². The second-order valence-electron chi connectivity index (χ2n) is 4.61. The van der Waals surface area contributed by atoms with E-state index in [0.717, 1.165) is 11.8 Å². The van der Waals surface area contributed by atoms with E-state index in [2.05, 4.69) is 5.32 Å². The van der Waals surface area contributed by atoms with E-state index in [-0.39, 0.29) is 23.0 Å². The van der Waals surface area contributed by atoms with E-state index >= 15 is 0 Å². The van der Waals surface area contributed by atoms with E-state index in [1.54, 1.807) is 26.0 Å². The summed E-state index contributed by atoms with van der Waals surface area (Å²) in [4.78, 5) is 21.4. The molecule has 0 saturated heterocycles. The molecule has 2 N–H and O–H groups in total. The third-order valence-electron chi connectivity index (χ3n) is 3.00. The summed E-state index contributed by atoms with van der Waals surface area (Å²) in [6.45, 7) is 3.58. The van der Waals surface area contributed by atoms with Gasteiger partial charge in [0.15, 0.2) is 0 Å². The van der Waals surface area contributed by atoms with Crippen molar-refractivity contribution < 1.29 is 19.2 Å². The molecule has 1 unspecified atom stereocenters. The molecule has 2 aromatic rings. The van der Waals surface area contributed by atoms with Crippen molar-refractivity contribution in [3.63, 3.8) is 0 Å². The van der Waals surface area contributed by atoms with Crippen LogP contribution < -0.4 is 5.32 Å². The summed E-state index contributed by atoms with van der Waals surface area (Å²) >= 11 is 0. The Morgan fingerprint density at radius 2 is 2.10 bits per heavy atom. The smallest absolute Gasteiger partial charge is 0.337 e. The van der Waals surface area contributed by atoms with Gasteiger partial charge in [-0.25, -0.2) is 4.79 Å². The fraction of sp³-hybridized carbons (Fsp3) is 0.214. The van der Waals surface area contributed by atoms with E-state index in [1.807, 2.05) is 0 Å². The Morgan fingerprint density at radius 1 is 1.38 bits per heavy atom. The summed E-state index contributed by atoms with van der Waals surface area (Å²) in [5, 5.41) is 22.9. The lowest BCUT2D eigenvalue weighted by molar-refractivity contribution is -0.384. The Balaban J connectivity index is 2.34. The van der Waals surface area contributed by atoms with Gasteiger partial charge in [0.2, 0.25) is 0 Å². The van der Waals surface area contributed by atoms with Gasteiger partial charge in [0.25, 0.3) is 5.69 Å². The van der Waals surface area contributed by atoms with Gasteiger partial charge in [-0.1, -0.05) is 0 Å². The fourth-order valence-corrected chi connectivity index (χ4v) is 1.94. The van der Waals surface area contributed by atoms with Crippen molar-refractivity contribution in [2.45, 2.75) is 19.9 Å². The van der Waals surface area contributed by atoms with Gasteiger partial charge >= 0.3 is 5.97 Å². The number of aromatic carboxylic acids is 1. The number of nitrogens with one attached hydrogen (secondary N) is 1. The summed E-state index contributed by atoms with van der Waals surface area (Å²) in [5.41, 5.74) is -0.0284. The average molecular weight is 290 g/mol. The van der Waals surface area contributed by atoms with Crippen molar-refractivity contribution in [1.29, 1.82) is 0 Å². The minimum atomic E-state index is -1.16. The van der Waals surface area contributed by atoms with Crippen molar-refractivity contribution in [3.05, 3.63) is 57.5 Å². The summed E-state index contributed by atoms with van der Waals surface area (Å²) in [6, 6.07) is 6.82. The molecule has 1 aromatic carbocycles. The first kappa shape index (κ1) is 14.6. The molecule has 7 nitrogen and oxygen atoms in total. The van der Waals surface area contributed by atoms with Gasteiger partial charge in [0.1, 0.15) is 11.5 Å². The molecule has 1 heterocycles. The highest BCUT2D eigenvalue weighted by Gasteiger charge is 2.18. The number of carboxylic acid groups (broad SMARTS) is 1. The van der Waals surface area contributed by atoms with E-state index in [9.17, 15) is 14.9 Å². The van der Waals surface area contributed by atoms with Crippen LogP contribution in [0.2, 0.25) is 0 Å². The molecule has 21 heavy (non-hydrogen) atoms. The van der Waals surface area contributed by atoms with E-state index in [0.29, 0.717) is 5.76 Å². The quantitative estimate of drug-likeness (QED) is 0.646. The molecule has 0 fully saturated rings. The predicted molar refractivity (Wildman–Crippen MR) is 75.5 cm³/mol. The van der Waals surface area contributed by atoms with Crippen molar-refractivity contribution in [2.24, 2.45) is 0 Å². The Bertz CT molecular complexity index is 692. The highest BCUT2D eigenvalue weighted by atomic mass is 16.6. The fourth-order valence-electron chi connectivity index (χ4n) is 1.94. The van der Waals surface area contributed by atoms with Gasteiger partial charge in [-0.05, 0) is 32.0 Å². The molecule has 1 aromatic heterocycles. The van der Waals surface area contributed by atoms with Gasteiger partial charge in [-0.15, -0.1) is 0 Å². The molecule has 7 heteroatoms. The number of anilines is 1. The van der Waals surface area contributed by atoms with Gasteiger partial charge in [0, 0.05) is 12.1 Å². The lowest BCUT2D eigenvalue weighted by atomic mass is 10.1. The Morgan fingerprint density at radius 3 is 2.62 bits per heavy atom. The predicted octanol–water partition coefficient (Wildman–Crippen LogP) is 3.37. The van der Waals surface area contributed by atoms with Crippen molar-refractivity contribution in [2.75, 3.05) is 5.32 Å². The zero-order valence-corrected chi connectivity index (χ0v) is 11.5. The molecular formula is C14H14N2O5. The molecule has 0 aliphatic heterocycles. The van der Waals surface area contributed by atoms with Gasteiger partial charge < -0.3 is 14.8 Å². The molecular weight excluding hydrogens is 276 g/mol. The molecule has 0 radical (unpaired) electrons. The zero-order chi connectivity index (χ0) is 15.6. The lowest BCUT2D eigenvalue weighted by Gasteiger charge is -2.14. The van der Waals surface area contributed by atoms with Gasteiger partial charge in [-0.2, -0.15) is 0 Å². The van der Waals surface area contributed by atoms with Crippen LogP contribution in [0.15, 0.2) is 34.7 Å². The van der Waals surface area contributed by atoms with Crippen LogP contribution in [0.4, 0.5) is 11.4 Å². The number of rotatable bonds is 5. The Hall–Kier alpha value is -2.83. The number of carbonyl (C=O) groups is 1. The lowest BCUT2D eigenvalue weighted by Crippen LogP contribution is -2.10. The number of hydrogen-bond acceptors (Lipinski definition) is 5. The number of nitro groups is 1. The summed E-state index contributed by atoms with van der Waals surface area (Å²) in [7, 11) is 0. The van der Waals surface area contributed by atoms with Crippen LogP contribution in [-0.4, -0.2) is 16.0 Å². The minimum absolute atomic E-state index is 0.0317.